The molecule has 0 saturated carbocycles. The zero-order valence-corrected chi connectivity index (χ0v) is 12.7. The SMILES string of the molecule is CCOc1ccccc1OC(=O)/C=C/c1cc2ccccc2o1. The second-order valence-corrected chi connectivity index (χ2v) is 4.82. The number of hydrogen-bond acceptors (Lipinski definition) is 4. The summed E-state index contributed by atoms with van der Waals surface area (Å²) in [5, 5.41) is 0.988. The van der Waals surface area contributed by atoms with Crippen LogP contribution < -0.4 is 9.47 Å². The van der Waals surface area contributed by atoms with Crippen LogP contribution in [0.25, 0.3) is 17.0 Å². The van der Waals surface area contributed by atoms with Gasteiger partial charge >= 0.3 is 5.97 Å². The summed E-state index contributed by atoms with van der Waals surface area (Å²) in [5.41, 5.74) is 0.780. The van der Waals surface area contributed by atoms with Crippen LogP contribution in [0.4, 0.5) is 0 Å². The molecule has 0 aliphatic heterocycles. The Balaban J connectivity index is 1.71. The first kappa shape index (κ1) is 14.9. The van der Waals surface area contributed by atoms with Crippen molar-refractivity contribution in [2.45, 2.75) is 6.92 Å². The van der Waals surface area contributed by atoms with Crippen molar-refractivity contribution < 1.29 is 18.7 Å². The highest BCUT2D eigenvalue weighted by molar-refractivity contribution is 5.89. The van der Waals surface area contributed by atoms with Gasteiger partial charge in [-0.15, -0.1) is 0 Å². The van der Waals surface area contributed by atoms with Gasteiger partial charge in [-0.05, 0) is 37.3 Å². The number of rotatable bonds is 5. The van der Waals surface area contributed by atoms with Gasteiger partial charge in [-0.1, -0.05) is 30.3 Å². The van der Waals surface area contributed by atoms with E-state index in [1.54, 1.807) is 24.3 Å². The largest absolute Gasteiger partial charge is 0.490 e. The molecule has 0 fully saturated rings. The number of benzene rings is 2. The van der Waals surface area contributed by atoms with Crippen molar-refractivity contribution in [3.8, 4) is 11.5 Å². The Morgan fingerprint density at radius 1 is 1.09 bits per heavy atom. The normalized spacial score (nSPS) is 11.0. The highest BCUT2D eigenvalue weighted by Crippen LogP contribution is 2.26. The quantitative estimate of drug-likeness (QED) is 0.397. The van der Waals surface area contributed by atoms with Crippen molar-refractivity contribution in [2.75, 3.05) is 6.61 Å². The van der Waals surface area contributed by atoms with Gasteiger partial charge in [0.15, 0.2) is 11.5 Å². The Labute approximate surface area is 133 Å². The molecule has 0 bridgehead atoms. The van der Waals surface area contributed by atoms with Crippen LogP contribution in [-0.2, 0) is 4.79 Å². The molecule has 23 heavy (non-hydrogen) atoms. The zero-order valence-electron chi connectivity index (χ0n) is 12.7. The smallest absolute Gasteiger partial charge is 0.336 e. The summed E-state index contributed by atoms with van der Waals surface area (Å²) in [4.78, 5) is 12.0. The van der Waals surface area contributed by atoms with E-state index in [9.17, 15) is 4.79 Å². The Kier molecular flexibility index (Phi) is 4.43. The summed E-state index contributed by atoms with van der Waals surface area (Å²) in [6.07, 6.45) is 2.92. The standard InChI is InChI=1S/C19H16O4/c1-2-21-17-9-5-6-10-18(17)23-19(20)12-11-15-13-14-7-3-4-8-16(14)22-15/h3-13H,2H2,1H3/b12-11+. The molecule has 0 radical (unpaired) electrons. The van der Waals surface area contributed by atoms with Crippen molar-refractivity contribution in [3.05, 3.63) is 66.4 Å². The zero-order chi connectivity index (χ0) is 16.1. The predicted octanol–water partition coefficient (Wildman–Crippen LogP) is 4.45. The molecule has 0 amide bonds. The van der Waals surface area contributed by atoms with Gasteiger partial charge in [0, 0.05) is 11.5 Å². The highest BCUT2D eigenvalue weighted by atomic mass is 16.6. The van der Waals surface area contributed by atoms with Crippen LogP contribution in [0.15, 0.2) is 65.1 Å². The summed E-state index contributed by atoms with van der Waals surface area (Å²) >= 11 is 0. The second-order valence-electron chi connectivity index (χ2n) is 4.82. The van der Waals surface area contributed by atoms with Gasteiger partial charge in [-0.2, -0.15) is 0 Å². The lowest BCUT2D eigenvalue weighted by atomic mass is 10.2. The van der Waals surface area contributed by atoms with Gasteiger partial charge in [0.25, 0.3) is 0 Å². The van der Waals surface area contributed by atoms with Crippen molar-refractivity contribution in [1.82, 2.24) is 0 Å². The maximum absolute atomic E-state index is 12.0. The number of hydrogen-bond donors (Lipinski definition) is 0. The Morgan fingerprint density at radius 2 is 1.83 bits per heavy atom. The first-order chi connectivity index (χ1) is 11.3. The van der Waals surface area contributed by atoms with E-state index in [-0.39, 0.29) is 0 Å². The van der Waals surface area contributed by atoms with E-state index in [0.29, 0.717) is 23.9 Å². The molecule has 0 aliphatic rings. The van der Waals surface area contributed by atoms with Gasteiger partial charge in [0.2, 0.25) is 0 Å². The second kappa shape index (κ2) is 6.83. The molecule has 1 heterocycles. The van der Waals surface area contributed by atoms with Gasteiger partial charge in [-0.25, -0.2) is 4.79 Å². The van der Waals surface area contributed by atoms with Crippen LogP contribution in [0, 0.1) is 0 Å². The fourth-order valence-corrected chi connectivity index (χ4v) is 2.19. The summed E-state index contributed by atoms with van der Waals surface area (Å²) in [5.74, 6) is 1.05. The van der Waals surface area contributed by atoms with Crippen LogP contribution in [0.2, 0.25) is 0 Å². The summed E-state index contributed by atoms with van der Waals surface area (Å²) in [6.45, 7) is 2.38. The fourth-order valence-electron chi connectivity index (χ4n) is 2.19. The molecule has 1 aromatic heterocycles. The molecule has 0 aliphatic carbocycles. The molecule has 3 rings (SSSR count). The van der Waals surface area contributed by atoms with Crippen LogP contribution in [0.3, 0.4) is 0 Å². The molecular weight excluding hydrogens is 292 g/mol. The van der Waals surface area contributed by atoms with E-state index >= 15 is 0 Å². The Hall–Kier alpha value is -3.01. The topological polar surface area (TPSA) is 48.7 Å². The van der Waals surface area contributed by atoms with Crippen molar-refractivity contribution >= 4 is 23.0 Å². The summed E-state index contributed by atoms with van der Waals surface area (Å²) in [7, 11) is 0. The van der Waals surface area contributed by atoms with E-state index in [4.69, 9.17) is 13.9 Å². The minimum absolute atomic E-state index is 0.397. The molecule has 116 valence electrons. The van der Waals surface area contributed by atoms with Crippen molar-refractivity contribution in [2.24, 2.45) is 0 Å². The molecule has 0 spiro atoms. The van der Waals surface area contributed by atoms with E-state index in [1.807, 2.05) is 43.3 Å². The lowest BCUT2D eigenvalue weighted by molar-refractivity contribution is -0.129. The average Bonchev–Trinajstić information content (AvgIpc) is 2.98. The number of ether oxygens (including phenoxy) is 2. The van der Waals surface area contributed by atoms with Crippen LogP contribution in [-0.4, -0.2) is 12.6 Å². The molecule has 4 nitrogen and oxygen atoms in total. The van der Waals surface area contributed by atoms with Crippen molar-refractivity contribution in [1.29, 1.82) is 0 Å². The Bertz CT molecular complexity index is 812. The first-order valence-corrected chi connectivity index (χ1v) is 7.36. The maximum Gasteiger partial charge on any atom is 0.336 e. The molecule has 0 unspecified atom stereocenters. The van der Waals surface area contributed by atoms with Gasteiger partial charge in [0.1, 0.15) is 11.3 Å². The fraction of sp³-hybridized carbons (Fsp3) is 0.105. The molecule has 0 saturated heterocycles. The molecular formula is C19H16O4. The number of para-hydroxylation sites is 3. The van der Waals surface area contributed by atoms with E-state index in [1.165, 1.54) is 6.08 Å². The third kappa shape index (κ3) is 3.61. The van der Waals surface area contributed by atoms with Crippen molar-refractivity contribution in [3.63, 3.8) is 0 Å². The number of furan rings is 1. The van der Waals surface area contributed by atoms with Gasteiger partial charge in [-0.3, -0.25) is 0 Å². The third-order valence-corrected chi connectivity index (χ3v) is 3.19. The van der Waals surface area contributed by atoms with Crippen LogP contribution in [0.1, 0.15) is 12.7 Å². The highest BCUT2D eigenvalue weighted by Gasteiger charge is 2.07. The maximum atomic E-state index is 12.0. The van der Waals surface area contributed by atoms with Gasteiger partial charge < -0.3 is 13.9 Å². The van der Waals surface area contributed by atoms with E-state index in [2.05, 4.69) is 0 Å². The minimum atomic E-state index is -0.488. The predicted molar refractivity (Wildman–Crippen MR) is 88.5 cm³/mol. The van der Waals surface area contributed by atoms with E-state index < -0.39 is 5.97 Å². The lowest BCUT2D eigenvalue weighted by Gasteiger charge is -2.08. The molecule has 4 heteroatoms. The molecule has 0 N–H and O–H groups in total. The number of esters is 1. The molecule has 3 aromatic rings. The average molecular weight is 308 g/mol. The minimum Gasteiger partial charge on any atom is -0.490 e. The molecule has 2 aromatic carbocycles. The monoisotopic (exact) mass is 308 g/mol. The third-order valence-electron chi connectivity index (χ3n) is 3.19. The Morgan fingerprint density at radius 3 is 2.61 bits per heavy atom. The molecule has 0 atom stereocenters. The summed E-state index contributed by atoms with van der Waals surface area (Å²) in [6, 6.07) is 16.6. The van der Waals surface area contributed by atoms with Crippen LogP contribution >= 0.6 is 0 Å². The number of carbonyl (C=O) groups excluding carboxylic acids is 1. The van der Waals surface area contributed by atoms with Crippen LogP contribution in [0.5, 0.6) is 11.5 Å². The summed E-state index contributed by atoms with van der Waals surface area (Å²) < 4.78 is 16.3. The first-order valence-electron chi connectivity index (χ1n) is 7.36. The number of carbonyl (C=O) groups is 1. The van der Waals surface area contributed by atoms with Gasteiger partial charge in [0.05, 0.1) is 6.61 Å². The van der Waals surface area contributed by atoms with E-state index in [0.717, 1.165) is 11.0 Å². The lowest BCUT2D eigenvalue weighted by Crippen LogP contribution is -2.05. The number of fused-ring (bicyclic) bond motifs is 1.